The van der Waals surface area contributed by atoms with Gasteiger partial charge in [0.15, 0.2) is 0 Å². The zero-order valence-electron chi connectivity index (χ0n) is 18.3. The molecule has 1 atom stereocenters. The summed E-state index contributed by atoms with van der Waals surface area (Å²) >= 11 is 0. The lowest BCUT2D eigenvalue weighted by atomic mass is 9.88. The number of aromatic hydroxyl groups is 1. The van der Waals surface area contributed by atoms with E-state index >= 15 is 0 Å². The fourth-order valence-electron chi connectivity index (χ4n) is 4.54. The van der Waals surface area contributed by atoms with Crippen molar-refractivity contribution in [3.63, 3.8) is 0 Å². The predicted octanol–water partition coefficient (Wildman–Crippen LogP) is 5.30. The highest BCUT2D eigenvalue weighted by molar-refractivity contribution is 6.08. The first kappa shape index (κ1) is 20.1. The van der Waals surface area contributed by atoms with Gasteiger partial charge in [-0.15, -0.1) is 0 Å². The van der Waals surface area contributed by atoms with E-state index in [-0.39, 0.29) is 11.8 Å². The smallest absolute Gasteiger partial charge is 0.139 e. The van der Waals surface area contributed by atoms with Gasteiger partial charge >= 0.3 is 0 Å². The number of benzene rings is 3. The van der Waals surface area contributed by atoms with Crippen LogP contribution >= 0.6 is 0 Å². The molecule has 0 spiro atoms. The number of hydrogen-bond acceptors (Lipinski definition) is 5. The van der Waals surface area contributed by atoms with E-state index in [4.69, 9.17) is 19.2 Å². The normalized spacial score (nSPS) is 15.5. The van der Waals surface area contributed by atoms with Crippen LogP contribution in [-0.2, 0) is 6.42 Å². The number of phenolic OH excluding ortho intramolecular Hbond substituents is 1. The summed E-state index contributed by atoms with van der Waals surface area (Å²) in [5.74, 6) is 2.10. The Morgan fingerprint density at radius 1 is 0.933 bits per heavy atom. The number of aryl methyl sites for hydroxylation is 1. The first-order valence-electron chi connectivity index (χ1n) is 10.0. The quantitative estimate of drug-likeness (QED) is 0.640. The molecule has 5 heteroatoms. The molecule has 0 amide bonds. The number of rotatable bonds is 4. The van der Waals surface area contributed by atoms with Crippen LogP contribution < -0.4 is 14.2 Å². The molecule has 1 aliphatic rings. The third kappa shape index (κ3) is 3.05. The minimum Gasteiger partial charge on any atom is -0.507 e. The van der Waals surface area contributed by atoms with Crippen LogP contribution in [0.2, 0.25) is 0 Å². The second-order valence-corrected chi connectivity index (χ2v) is 7.82. The molecule has 3 aromatic carbocycles. The Kier molecular flexibility index (Phi) is 5.06. The van der Waals surface area contributed by atoms with E-state index in [1.165, 1.54) is 0 Å². The summed E-state index contributed by atoms with van der Waals surface area (Å²) in [5.41, 5.74) is 5.45. The van der Waals surface area contributed by atoms with E-state index in [0.29, 0.717) is 33.8 Å². The van der Waals surface area contributed by atoms with Gasteiger partial charge in [0.05, 0.1) is 38.3 Å². The highest BCUT2D eigenvalue weighted by Gasteiger charge is 2.28. The molecule has 0 fully saturated rings. The van der Waals surface area contributed by atoms with Crippen molar-refractivity contribution in [3.8, 4) is 34.1 Å². The van der Waals surface area contributed by atoms with Crippen LogP contribution in [-0.4, -0.2) is 38.2 Å². The van der Waals surface area contributed by atoms with Crippen LogP contribution in [0.3, 0.4) is 0 Å². The molecule has 3 aromatic rings. The van der Waals surface area contributed by atoms with Gasteiger partial charge in [-0.25, -0.2) is 0 Å². The fourth-order valence-corrected chi connectivity index (χ4v) is 4.54. The maximum absolute atomic E-state index is 11.3. The van der Waals surface area contributed by atoms with Gasteiger partial charge in [0.25, 0.3) is 0 Å². The molecule has 0 aromatic heterocycles. The van der Waals surface area contributed by atoms with Crippen molar-refractivity contribution < 1.29 is 19.3 Å². The minimum absolute atomic E-state index is 0.139. The van der Waals surface area contributed by atoms with Gasteiger partial charge in [-0.1, -0.05) is 12.1 Å². The zero-order valence-corrected chi connectivity index (χ0v) is 18.3. The maximum atomic E-state index is 11.3. The van der Waals surface area contributed by atoms with E-state index in [2.05, 4.69) is 6.92 Å². The second-order valence-electron chi connectivity index (χ2n) is 7.82. The molecule has 1 heterocycles. The van der Waals surface area contributed by atoms with Gasteiger partial charge in [0.1, 0.15) is 23.0 Å². The molecule has 4 rings (SSSR count). The topological polar surface area (TPSA) is 60.3 Å². The first-order chi connectivity index (χ1) is 14.4. The SMILES string of the molecule is COc1cc2c(c(OC)c1-c1ccc3cc(C)cc(OC)c3c1O)C(C)=N[C@@H](C)C2. The van der Waals surface area contributed by atoms with Crippen molar-refractivity contribution >= 4 is 16.5 Å². The number of aliphatic imine (C=N–C) groups is 1. The third-order valence-corrected chi connectivity index (χ3v) is 5.73. The Labute approximate surface area is 176 Å². The largest absolute Gasteiger partial charge is 0.507 e. The highest BCUT2D eigenvalue weighted by atomic mass is 16.5. The molecule has 156 valence electrons. The molecule has 1 N–H and O–H groups in total. The Morgan fingerprint density at radius 2 is 1.67 bits per heavy atom. The Hall–Kier alpha value is -3.21. The van der Waals surface area contributed by atoms with Crippen molar-refractivity contribution in [2.24, 2.45) is 4.99 Å². The van der Waals surface area contributed by atoms with E-state index in [9.17, 15) is 5.11 Å². The molecule has 30 heavy (non-hydrogen) atoms. The summed E-state index contributed by atoms with van der Waals surface area (Å²) in [5, 5.41) is 12.9. The summed E-state index contributed by atoms with van der Waals surface area (Å²) in [7, 11) is 4.90. The first-order valence-corrected chi connectivity index (χ1v) is 10.0. The molecule has 0 saturated heterocycles. The zero-order chi connectivity index (χ0) is 21.6. The van der Waals surface area contributed by atoms with Crippen LogP contribution in [0.1, 0.15) is 30.5 Å². The third-order valence-electron chi connectivity index (χ3n) is 5.73. The highest BCUT2D eigenvalue weighted by Crippen LogP contribution is 2.50. The van der Waals surface area contributed by atoms with Gasteiger partial charge in [0, 0.05) is 16.8 Å². The van der Waals surface area contributed by atoms with Crippen molar-refractivity contribution in [3.05, 3.63) is 47.0 Å². The number of phenols is 1. The Bertz CT molecular complexity index is 1180. The monoisotopic (exact) mass is 405 g/mol. The van der Waals surface area contributed by atoms with E-state index in [1.54, 1.807) is 21.3 Å². The van der Waals surface area contributed by atoms with Gasteiger partial charge in [-0.3, -0.25) is 4.99 Å². The van der Waals surface area contributed by atoms with Crippen molar-refractivity contribution in [2.45, 2.75) is 33.2 Å². The lowest BCUT2D eigenvalue weighted by molar-refractivity contribution is 0.394. The van der Waals surface area contributed by atoms with E-state index < -0.39 is 0 Å². The lowest BCUT2D eigenvalue weighted by Crippen LogP contribution is -2.18. The van der Waals surface area contributed by atoms with Crippen LogP contribution in [0.5, 0.6) is 23.0 Å². The van der Waals surface area contributed by atoms with Crippen LogP contribution in [0.4, 0.5) is 0 Å². The predicted molar refractivity (Wildman–Crippen MR) is 121 cm³/mol. The van der Waals surface area contributed by atoms with E-state index in [1.807, 2.05) is 44.2 Å². The van der Waals surface area contributed by atoms with Crippen molar-refractivity contribution in [1.82, 2.24) is 0 Å². The average Bonchev–Trinajstić information content (AvgIpc) is 2.71. The molecule has 0 radical (unpaired) electrons. The number of fused-ring (bicyclic) bond motifs is 2. The number of methoxy groups -OCH3 is 3. The molecule has 1 aliphatic heterocycles. The van der Waals surface area contributed by atoms with Crippen LogP contribution in [0, 0.1) is 6.92 Å². The summed E-state index contributed by atoms with van der Waals surface area (Å²) < 4.78 is 17.2. The maximum Gasteiger partial charge on any atom is 0.139 e. The van der Waals surface area contributed by atoms with Gasteiger partial charge < -0.3 is 19.3 Å². The molecule has 0 unspecified atom stereocenters. The molecular weight excluding hydrogens is 378 g/mol. The van der Waals surface area contributed by atoms with Gasteiger partial charge in [0.2, 0.25) is 0 Å². The lowest BCUT2D eigenvalue weighted by Gasteiger charge is -2.25. The molecule has 0 bridgehead atoms. The summed E-state index contributed by atoms with van der Waals surface area (Å²) in [6, 6.07) is 10.1. The average molecular weight is 405 g/mol. The molecule has 0 aliphatic carbocycles. The molecular formula is C25H27NO4. The standard InChI is InChI=1S/C25H27NO4/c1-13-9-16-7-8-18(24(27)22(16)19(10-13)28-4)23-20(29-5)12-17-11-14(2)26-15(3)21(17)25(23)30-6/h7-10,12,14,27H,11H2,1-6H3/t14-/m0/s1. The minimum atomic E-state index is 0.139. The van der Waals surface area contributed by atoms with Crippen molar-refractivity contribution in [2.75, 3.05) is 21.3 Å². The van der Waals surface area contributed by atoms with Crippen LogP contribution in [0.25, 0.3) is 21.9 Å². The van der Waals surface area contributed by atoms with E-state index in [0.717, 1.165) is 34.2 Å². The second kappa shape index (κ2) is 7.56. The molecule has 0 saturated carbocycles. The van der Waals surface area contributed by atoms with Crippen LogP contribution in [0.15, 0.2) is 35.3 Å². The summed E-state index contributed by atoms with van der Waals surface area (Å²) in [4.78, 5) is 4.75. The molecule has 5 nitrogen and oxygen atoms in total. The van der Waals surface area contributed by atoms with Gasteiger partial charge in [-0.05, 0) is 61.9 Å². The van der Waals surface area contributed by atoms with Crippen molar-refractivity contribution in [1.29, 1.82) is 0 Å². The summed E-state index contributed by atoms with van der Waals surface area (Å²) in [6.45, 7) is 6.10. The number of hydrogen-bond donors (Lipinski definition) is 1. The number of ether oxygens (including phenoxy) is 3. The Balaban J connectivity index is 2.08. The number of nitrogens with zero attached hydrogens (tertiary/aromatic N) is 1. The summed E-state index contributed by atoms with van der Waals surface area (Å²) in [6.07, 6.45) is 0.816. The Morgan fingerprint density at radius 3 is 2.33 bits per heavy atom. The fraction of sp³-hybridized carbons (Fsp3) is 0.320. The van der Waals surface area contributed by atoms with Gasteiger partial charge in [-0.2, -0.15) is 0 Å².